The molecule has 1 heterocycles. The highest BCUT2D eigenvalue weighted by Gasteiger charge is 2.53. The number of carbonyl (C=O) groups is 2. The molecular weight excluding hydrogens is 376 g/mol. The molecule has 0 aromatic heterocycles. The lowest BCUT2D eigenvalue weighted by Crippen LogP contribution is -2.56. The summed E-state index contributed by atoms with van der Waals surface area (Å²) in [5.74, 6) is -0.658. The van der Waals surface area contributed by atoms with E-state index < -0.39 is 22.6 Å². The quantitative estimate of drug-likeness (QED) is 0.572. The van der Waals surface area contributed by atoms with Crippen LogP contribution in [0.1, 0.15) is 42.5 Å². The van der Waals surface area contributed by atoms with Crippen LogP contribution in [0.25, 0.3) is 0 Å². The number of likely N-dealkylation sites (N-methyl/N-ethyl adjacent to an activating group) is 1. The van der Waals surface area contributed by atoms with Crippen molar-refractivity contribution in [3.05, 3.63) is 39.9 Å². The molecule has 2 aliphatic rings. The van der Waals surface area contributed by atoms with Gasteiger partial charge in [-0.15, -0.1) is 0 Å². The smallest absolute Gasteiger partial charge is 0.270 e. The Morgan fingerprint density at radius 3 is 2.69 bits per heavy atom. The van der Waals surface area contributed by atoms with E-state index >= 15 is 0 Å². The predicted octanol–water partition coefficient (Wildman–Crippen LogP) is 1.77. The molecule has 0 bridgehead atoms. The lowest BCUT2D eigenvalue weighted by atomic mass is 9.89. The summed E-state index contributed by atoms with van der Waals surface area (Å²) >= 11 is 0. The van der Waals surface area contributed by atoms with Gasteiger partial charge in [-0.25, -0.2) is 0 Å². The summed E-state index contributed by atoms with van der Waals surface area (Å²) in [4.78, 5) is 40.4. The third-order valence-corrected chi connectivity index (χ3v) is 5.58. The number of nitrogens with zero attached hydrogens (tertiary/aromatic N) is 3. The number of nitrogens with one attached hydrogen (secondary N) is 1. The molecule has 3 rings (SSSR count). The van der Waals surface area contributed by atoms with Crippen LogP contribution in [0, 0.1) is 10.1 Å². The fraction of sp³-hybridized carbons (Fsp3) is 0.600. The topological polar surface area (TPSA) is 105 Å². The van der Waals surface area contributed by atoms with Crippen LogP contribution in [0.4, 0.5) is 5.69 Å². The molecule has 0 unspecified atom stereocenters. The SMILES string of the molecule is CN(C)CCNC(=O)[C@H]1COC2(CCCCC2)N1C(=O)c1cccc([N+](=O)[O-])c1. The summed E-state index contributed by atoms with van der Waals surface area (Å²) in [5.41, 5.74) is -0.773. The Labute approximate surface area is 170 Å². The second kappa shape index (κ2) is 8.87. The van der Waals surface area contributed by atoms with Crippen molar-refractivity contribution in [2.75, 3.05) is 33.8 Å². The van der Waals surface area contributed by atoms with Gasteiger partial charge in [0.15, 0.2) is 0 Å². The Morgan fingerprint density at radius 1 is 1.31 bits per heavy atom. The molecule has 1 saturated carbocycles. The Kier molecular flexibility index (Phi) is 6.49. The normalized spacial score (nSPS) is 20.8. The van der Waals surface area contributed by atoms with Gasteiger partial charge in [0.1, 0.15) is 11.8 Å². The molecular formula is C20H28N4O5. The number of hydrogen-bond donors (Lipinski definition) is 1. The van der Waals surface area contributed by atoms with Crippen molar-refractivity contribution in [2.24, 2.45) is 0 Å². The fourth-order valence-electron chi connectivity index (χ4n) is 4.08. The standard InChI is InChI=1S/C20H28N4O5/c1-22(2)12-11-21-18(25)17-14-29-20(9-4-3-5-10-20)23(17)19(26)15-7-6-8-16(13-15)24(27)28/h6-8,13,17H,3-5,9-12,14H2,1-2H3,(H,21,25)/t17-/m1/s1. The van der Waals surface area contributed by atoms with Gasteiger partial charge in [-0.2, -0.15) is 0 Å². The average Bonchev–Trinajstić information content (AvgIpc) is 3.06. The van der Waals surface area contributed by atoms with Gasteiger partial charge in [-0.05, 0) is 45.8 Å². The van der Waals surface area contributed by atoms with E-state index in [1.807, 2.05) is 19.0 Å². The predicted molar refractivity (Wildman–Crippen MR) is 106 cm³/mol. The molecule has 1 atom stereocenters. The van der Waals surface area contributed by atoms with Gasteiger partial charge < -0.3 is 15.0 Å². The monoisotopic (exact) mass is 404 g/mol. The summed E-state index contributed by atoms with van der Waals surface area (Å²) in [6, 6.07) is 4.90. The lowest BCUT2D eigenvalue weighted by molar-refractivity contribution is -0.384. The maximum absolute atomic E-state index is 13.4. The number of non-ortho nitro benzene ring substituents is 1. The molecule has 1 N–H and O–H groups in total. The largest absolute Gasteiger partial charge is 0.353 e. The molecule has 158 valence electrons. The molecule has 2 amide bonds. The van der Waals surface area contributed by atoms with Crippen LogP contribution in [0.5, 0.6) is 0 Å². The maximum Gasteiger partial charge on any atom is 0.270 e. The molecule has 1 spiro atoms. The second-order valence-electron chi connectivity index (χ2n) is 7.91. The molecule has 9 nitrogen and oxygen atoms in total. The summed E-state index contributed by atoms with van der Waals surface area (Å²) in [5, 5.41) is 14.0. The highest BCUT2D eigenvalue weighted by molar-refractivity contribution is 5.99. The molecule has 0 radical (unpaired) electrons. The number of benzene rings is 1. The Bertz CT molecular complexity index is 776. The minimum absolute atomic E-state index is 0.133. The number of nitro benzene ring substituents is 1. The van der Waals surface area contributed by atoms with Crippen LogP contribution < -0.4 is 5.32 Å². The van der Waals surface area contributed by atoms with Crippen LogP contribution in [0.3, 0.4) is 0 Å². The van der Waals surface area contributed by atoms with E-state index in [2.05, 4.69) is 5.32 Å². The van der Waals surface area contributed by atoms with Crippen molar-refractivity contribution in [1.29, 1.82) is 0 Å². The number of carbonyl (C=O) groups excluding carboxylic acids is 2. The van der Waals surface area contributed by atoms with Gasteiger partial charge in [0.2, 0.25) is 5.91 Å². The minimum atomic E-state index is -0.816. The fourth-order valence-corrected chi connectivity index (χ4v) is 4.08. The molecule has 1 aliphatic carbocycles. The first-order valence-corrected chi connectivity index (χ1v) is 9.98. The number of ether oxygens (including phenoxy) is 1. The minimum Gasteiger partial charge on any atom is -0.353 e. The van der Waals surface area contributed by atoms with Crippen molar-refractivity contribution in [3.63, 3.8) is 0 Å². The molecule has 1 aromatic carbocycles. The molecule has 2 fully saturated rings. The molecule has 1 aliphatic heterocycles. The second-order valence-corrected chi connectivity index (χ2v) is 7.91. The van der Waals surface area contributed by atoms with Crippen molar-refractivity contribution in [3.8, 4) is 0 Å². The molecule has 1 saturated heterocycles. The average molecular weight is 404 g/mol. The summed E-state index contributed by atoms with van der Waals surface area (Å²) in [7, 11) is 3.83. The van der Waals surface area contributed by atoms with Crippen molar-refractivity contribution in [1.82, 2.24) is 15.1 Å². The van der Waals surface area contributed by atoms with Crippen LogP contribution in [0.2, 0.25) is 0 Å². The van der Waals surface area contributed by atoms with E-state index in [1.54, 1.807) is 6.07 Å². The Hall–Kier alpha value is -2.52. The number of hydrogen-bond acceptors (Lipinski definition) is 6. The zero-order valence-electron chi connectivity index (χ0n) is 16.9. The number of amides is 2. The Balaban J connectivity index is 1.87. The van der Waals surface area contributed by atoms with Crippen molar-refractivity contribution < 1.29 is 19.2 Å². The van der Waals surface area contributed by atoms with Crippen LogP contribution in [0.15, 0.2) is 24.3 Å². The zero-order valence-corrected chi connectivity index (χ0v) is 16.9. The summed E-state index contributed by atoms with van der Waals surface area (Å²) < 4.78 is 6.08. The molecule has 9 heteroatoms. The van der Waals surface area contributed by atoms with Crippen molar-refractivity contribution >= 4 is 17.5 Å². The van der Waals surface area contributed by atoms with E-state index in [9.17, 15) is 19.7 Å². The van der Waals surface area contributed by atoms with Gasteiger partial charge in [0, 0.05) is 30.8 Å². The van der Waals surface area contributed by atoms with E-state index in [-0.39, 0.29) is 23.8 Å². The van der Waals surface area contributed by atoms with Gasteiger partial charge in [-0.3, -0.25) is 24.6 Å². The third kappa shape index (κ3) is 4.56. The number of nitro groups is 1. The van der Waals surface area contributed by atoms with Crippen molar-refractivity contribution in [2.45, 2.75) is 43.9 Å². The summed E-state index contributed by atoms with van der Waals surface area (Å²) in [6.07, 6.45) is 4.20. The first kappa shape index (κ1) is 21.2. The summed E-state index contributed by atoms with van der Waals surface area (Å²) in [6.45, 7) is 1.28. The highest BCUT2D eigenvalue weighted by atomic mass is 16.6. The van der Waals surface area contributed by atoms with Crippen LogP contribution in [-0.2, 0) is 9.53 Å². The molecule has 1 aromatic rings. The zero-order chi connectivity index (χ0) is 21.0. The number of rotatable bonds is 6. The maximum atomic E-state index is 13.4. The van der Waals surface area contributed by atoms with Crippen LogP contribution in [-0.4, -0.2) is 72.1 Å². The highest BCUT2D eigenvalue weighted by Crippen LogP contribution is 2.41. The van der Waals surface area contributed by atoms with Gasteiger partial charge in [0.05, 0.1) is 11.5 Å². The van der Waals surface area contributed by atoms with Gasteiger partial charge in [-0.1, -0.05) is 12.5 Å². The van der Waals surface area contributed by atoms with Gasteiger partial charge >= 0.3 is 0 Å². The van der Waals surface area contributed by atoms with Gasteiger partial charge in [0.25, 0.3) is 11.6 Å². The van der Waals surface area contributed by atoms with E-state index in [0.29, 0.717) is 25.9 Å². The van der Waals surface area contributed by atoms with E-state index in [4.69, 9.17) is 4.74 Å². The Morgan fingerprint density at radius 2 is 2.03 bits per heavy atom. The van der Waals surface area contributed by atoms with Crippen LogP contribution >= 0.6 is 0 Å². The lowest BCUT2D eigenvalue weighted by Gasteiger charge is -2.41. The van der Waals surface area contributed by atoms with E-state index in [1.165, 1.54) is 23.1 Å². The third-order valence-electron chi connectivity index (χ3n) is 5.58. The van der Waals surface area contributed by atoms with E-state index in [0.717, 1.165) is 19.3 Å². The first-order valence-electron chi connectivity index (χ1n) is 9.98. The first-order chi connectivity index (χ1) is 13.8. The molecule has 29 heavy (non-hydrogen) atoms.